The van der Waals surface area contributed by atoms with E-state index in [0.717, 1.165) is 0 Å². The van der Waals surface area contributed by atoms with Crippen LogP contribution in [0, 0.1) is 0 Å². The molecule has 0 aliphatic rings. The Morgan fingerprint density at radius 3 is 2.58 bits per heavy atom. The summed E-state index contributed by atoms with van der Waals surface area (Å²) in [4.78, 5) is 0. The monoisotopic (exact) mass is 191 g/mol. The zero-order chi connectivity index (χ0) is 9.35. The Balaban J connectivity index is 3.39. The van der Waals surface area contributed by atoms with Gasteiger partial charge in [0.2, 0.25) is 0 Å². The lowest BCUT2D eigenvalue weighted by Crippen LogP contribution is -2.34. The van der Waals surface area contributed by atoms with Gasteiger partial charge >= 0.3 is 15.3 Å². The third kappa shape index (κ3) is 1.49. The van der Waals surface area contributed by atoms with Crippen LogP contribution in [0.4, 0.5) is 0 Å². The molecule has 68 valence electrons. The van der Waals surface area contributed by atoms with Gasteiger partial charge in [-0.15, -0.1) is 0 Å². The average molecular weight is 191 g/mol. The van der Waals surface area contributed by atoms with Crippen molar-refractivity contribution in [3.8, 4) is 0 Å². The highest BCUT2D eigenvalue weighted by atomic mass is 32.2. The Bertz CT molecular complexity index is 379. The maximum Gasteiger partial charge on any atom is 0.402 e. The molecule has 0 saturated carbocycles. The Hall–Kier alpha value is -0.880. The topological polar surface area (TPSA) is 63.2 Å². The van der Waals surface area contributed by atoms with Gasteiger partial charge in [0, 0.05) is 0 Å². The maximum absolute atomic E-state index is 10.8. The van der Waals surface area contributed by atoms with E-state index in [2.05, 4.69) is 0 Å². The fourth-order valence-electron chi connectivity index (χ4n) is 1.08. The van der Waals surface area contributed by atoms with Crippen LogP contribution in [0.25, 0.3) is 0 Å². The highest BCUT2D eigenvalue weighted by Crippen LogP contribution is 2.02. The molecular weight excluding hydrogens is 180 g/mol. The van der Waals surface area contributed by atoms with Gasteiger partial charge in [0.05, 0.1) is 13.6 Å². The third-order valence-electron chi connectivity index (χ3n) is 1.59. The smallest absolute Gasteiger partial charge is 0.276 e. The molecule has 0 fully saturated rings. The second kappa shape index (κ2) is 2.87. The zero-order valence-corrected chi connectivity index (χ0v) is 7.74. The van der Waals surface area contributed by atoms with E-state index in [9.17, 15) is 8.42 Å². The number of aromatic nitrogens is 2. The van der Waals surface area contributed by atoms with Crippen LogP contribution in [-0.2, 0) is 23.7 Å². The second-order valence-corrected chi connectivity index (χ2v) is 3.77. The third-order valence-corrected chi connectivity index (χ3v) is 2.57. The van der Waals surface area contributed by atoms with Crippen LogP contribution >= 0.6 is 0 Å². The van der Waals surface area contributed by atoms with Crippen LogP contribution in [-0.4, -0.2) is 17.5 Å². The first kappa shape index (κ1) is 9.21. The van der Waals surface area contributed by atoms with Crippen LogP contribution in [0.3, 0.4) is 0 Å². The molecule has 1 heterocycles. The molecule has 0 saturated heterocycles. The van der Waals surface area contributed by atoms with Crippen molar-refractivity contribution in [3.05, 3.63) is 12.4 Å². The first-order chi connectivity index (χ1) is 5.46. The molecule has 0 unspecified atom stereocenters. The lowest BCUT2D eigenvalue weighted by atomic mass is 10.7. The van der Waals surface area contributed by atoms with Crippen LogP contribution in [0.1, 0.15) is 6.92 Å². The molecular formula is C6H11N2O3S+. The van der Waals surface area contributed by atoms with Crippen molar-refractivity contribution in [2.45, 2.75) is 18.6 Å². The fourth-order valence-corrected chi connectivity index (χ4v) is 1.99. The van der Waals surface area contributed by atoms with E-state index in [1.54, 1.807) is 26.4 Å². The lowest BCUT2D eigenvalue weighted by Gasteiger charge is -1.94. The SMILES string of the molecule is CCn1cc[n+](C)c1S(=O)(=O)O. The summed E-state index contributed by atoms with van der Waals surface area (Å²) in [6.45, 7) is 2.31. The summed E-state index contributed by atoms with van der Waals surface area (Å²) in [5.74, 6) is 0. The molecule has 0 aromatic carbocycles. The van der Waals surface area contributed by atoms with E-state index in [4.69, 9.17) is 4.55 Å². The van der Waals surface area contributed by atoms with E-state index in [-0.39, 0.29) is 5.16 Å². The minimum Gasteiger partial charge on any atom is -0.276 e. The second-order valence-electron chi connectivity index (χ2n) is 2.45. The molecule has 6 heteroatoms. The van der Waals surface area contributed by atoms with Crippen LogP contribution < -0.4 is 4.57 Å². The summed E-state index contributed by atoms with van der Waals surface area (Å²) in [6, 6.07) is 0. The summed E-state index contributed by atoms with van der Waals surface area (Å²) in [7, 11) is -2.54. The summed E-state index contributed by atoms with van der Waals surface area (Å²) in [5.41, 5.74) is 0. The van der Waals surface area contributed by atoms with Crippen molar-refractivity contribution in [1.82, 2.24) is 4.57 Å². The summed E-state index contributed by atoms with van der Waals surface area (Å²) >= 11 is 0. The highest BCUT2D eigenvalue weighted by Gasteiger charge is 2.26. The van der Waals surface area contributed by atoms with Gasteiger partial charge in [-0.25, -0.2) is 9.13 Å². The van der Waals surface area contributed by atoms with Crippen LogP contribution in [0.5, 0.6) is 0 Å². The number of aryl methyl sites for hydroxylation is 2. The number of rotatable bonds is 2. The Morgan fingerprint density at radius 1 is 1.67 bits per heavy atom. The number of hydrogen-bond donors (Lipinski definition) is 1. The molecule has 0 spiro atoms. The Labute approximate surface area is 71.0 Å². The highest BCUT2D eigenvalue weighted by molar-refractivity contribution is 7.85. The molecule has 1 N–H and O–H groups in total. The van der Waals surface area contributed by atoms with E-state index < -0.39 is 10.1 Å². The molecule has 1 aromatic rings. The first-order valence-corrected chi connectivity index (χ1v) is 4.93. The number of imidazole rings is 1. The maximum atomic E-state index is 10.8. The van der Waals surface area contributed by atoms with Gasteiger partial charge in [-0.05, 0) is 6.92 Å². The molecule has 0 aliphatic carbocycles. The number of hydrogen-bond acceptors (Lipinski definition) is 2. The Kier molecular flexibility index (Phi) is 2.20. The molecule has 5 nitrogen and oxygen atoms in total. The summed E-state index contributed by atoms with van der Waals surface area (Å²) in [6.07, 6.45) is 3.18. The summed E-state index contributed by atoms with van der Waals surface area (Å²) in [5, 5.41) is -0.0926. The van der Waals surface area contributed by atoms with E-state index in [1.165, 1.54) is 9.13 Å². The van der Waals surface area contributed by atoms with Gasteiger partial charge in [0.1, 0.15) is 12.4 Å². The predicted molar refractivity (Wildman–Crippen MR) is 41.1 cm³/mol. The van der Waals surface area contributed by atoms with Crippen molar-refractivity contribution in [2.75, 3.05) is 0 Å². The van der Waals surface area contributed by atoms with Gasteiger partial charge in [0.25, 0.3) is 0 Å². The molecule has 0 atom stereocenters. The molecule has 1 aromatic heterocycles. The molecule has 0 radical (unpaired) electrons. The minimum atomic E-state index is -4.11. The lowest BCUT2D eigenvalue weighted by molar-refractivity contribution is -0.710. The molecule has 0 bridgehead atoms. The van der Waals surface area contributed by atoms with E-state index in [1.807, 2.05) is 0 Å². The number of nitrogens with zero attached hydrogens (tertiary/aromatic N) is 2. The fraction of sp³-hybridized carbons (Fsp3) is 0.500. The normalized spacial score (nSPS) is 11.9. The molecule has 1 rings (SSSR count). The minimum absolute atomic E-state index is 0.0926. The molecule has 12 heavy (non-hydrogen) atoms. The van der Waals surface area contributed by atoms with Crippen molar-refractivity contribution in [1.29, 1.82) is 0 Å². The zero-order valence-electron chi connectivity index (χ0n) is 6.93. The first-order valence-electron chi connectivity index (χ1n) is 3.49. The van der Waals surface area contributed by atoms with Crippen LogP contribution in [0.2, 0.25) is 0 Å². The van der Waals surface area contributed by atoms with Gasteiger partial charge in [-0.1, -0.05) is 0 Å². The quantitative estimate of drug-likeness (QED) is 0.510. The van der Waals surface area contributed by atoms with Crippen molar-refractivity contribution >= 4 is 10.1 Å². The molecule has 0 aliphatic heterocycles. The van der Waals surface area contributed by atoms with Crippen molar-refractivity contribution in [2.24, 2.45) is 7.05 Å². The van der Waals surface area contributed by atoms with Gasteiger partial charge in [-0.2, -0.15) is 8.42 Å². The largest absolute Gasteiger partial charge is 0.402 e. The average Bonchev–Trinajstić information content (AvgIpc) is 2.29. The van der Waals surface area contributed by atoms with Crippen molar-refractivity contribution < 1.29 is 17.5 Å². The van der Waals surface area contributed by atoms with Crippen molar-refractivity contribution in [3.63, 3.8) is 0 Å². The van der Waals surface area contributed by atoms with E-state index in [0.29, 0.717) is 6.54 Å². The van der Waals surface area contributed by atoms with E-state index >= 15 is 0 Å². The predicted octanol–water partition coefficient (Wildman–Crippen LogP) is -0.421. The molecule has 0 amide bonds. The Morgan fingerprint density at radius 2 is 2.25 bits per heavy atom. The van der Waals surface area contributed by atoms with Gasteiger partial charge in [-0.3, -0.25) is 4.55 Å². The van der Waals surface area contributed by atoms with Gasteiger partial charge < -0.3 is 0 Å². The van der Waals surface area contributed by atoms with Crippen LogP contribution in [0.15, 0.2) is 17.6 Å². The standard InChI is InChI=1S/C6H10N2O3S/c1-3-8-5-4-7(2)6(8)12(9,10)11/h4-5H,3H2,1-2H3/p+1. The summed E-state index contributed by atoms with van der Waals surface area (Å²) < 4.78 is 33.2. The van der Waals surface area contributed by atoms with Gasteiger partial charge in [0.15, 0.2) is 0 Å².